The highest BCUT2D eigenvalue weighted by molar-refractivity contribution is 6.33. The van der Waals surface area contributed by atoms with Gasteiger partial charge >= 0.3 is 0 Å². The van der Waals surface area contributed by atoms with Gasteiger partial charge in [0.05, 0.1) is 36.2 Å². The first kappa shape index (κ1) is 22.9. The van der Waals surface area contributed by atoms with Crippen molar-refractivity contribution in [1.29, 1.82) is 0 Å². The predicted octanol–water partition coefficient (Wildman–Crippen LogP) is 4.60. The van der Waals surface area contributed by atoms with Gasteiger partial charge in [0, 0.05) is 42.7 Å². The van der Waals surface area contributed by atoms with Gasteiger partial charge < -0.3 is 29.6 Å². The van der Waals surface area contributed by atoms with Crippen molar-refractivity contribution in [3.63, 3.8) is 0 Å². The van der Waals surface area contributed by atoms with Gasteiger partial charge in [-0.15, -0.1) is 0 Å². The van der Waals surface area contributed by atoms with Crippen molar-refractivity contribution in [3.8, 4) is 5.75 Å². The zero-order valence-electron chi connectivity index (χ0n) is 21.3. The molecule has 2 N–H and O–H groups in total. The van der Waals surface area contributed by atoms with Gasteiger partial charge in [-0.2, -0.15) is 4.98 Å². The number of benzene rings is 1. The van der Waals surface area contributed by atoms with E-state index in [0.717, 1.165) is 60.3 Å². The van der Waals surface area contributed by atoms with Crippen molar-refractivity contribution in [3.05, 3.63) is 39.8 Å². The fourth-order valence-electron chi connectivity index (χ4n) is 7.15. The van der Waals surface area contributed by atoms with E-state index in [1.165, 1.54) is 12.8 Å². The molecule has 5 aliphatic heterocycles. The van der Waals surface area contributed by atoms with Crippen LogP contribution in [0.3, 0.4) is 0 Å². The van der Waals surface area contributed by atoms with Crippen LogP contribution in [0.25, 0.3) is 10.9 Å². The molecule has 4 bridgehead atoms. The third kappa shape index (κ3) is 3.66. The van der Waals surface area contributed by atoms with E-state index >= 15 is 0 Å². The van der Waals surface area contributed by atoms with Crippen molar-refractivity contribution >= 4 is 45.6 Å². The zero-order chi connectivity index (χ0) is 25.5. The number of nitrogens with one attached hydrogen (secondary N) is 2. The second kappa shape index (κ2) is 8.48. The van der Waals surface area contributed by atoms with Crippen molar-refractivity contribution in [2.24, 2.45) is 13.0 Å². The summed E-state index contributed by atoms with van der Waals surface area (Å²) in [5.41, 5.74) is 2.36. The van der Waals surface area contributed by atoms with Gasteiger partial charge in [0.15, 0.2) is 5.82 Å². The van der Waals surface area contributed by atoms with Gasteiger partial charge in [0.25, 0.3) is 5.56 Å². The number of nitrogens with zero attached hydrogens (tertiary/aromatic N) is 4. The maximum Gasteiger partial charge on any atom is 0.295 e. The lowest BCUT2D eigenvalue weighted by Crippen LogP contribution is -2.62. The molecular formula is C28H31ClN6O3. The van der Waals surface area contributed by atoms with Crippen LogP contribution < -0.4 is 25.8 Å². The molecule has 4 saturated heterocycles. The molecule has 2 aromatic heterocycles. The van der Waals surface area contributed by atoms with Gasteiger partial charge in [-0.3, -0.25) is 4.79 Å². The summed E-state index contributed by atoms with van der Waals surface area (Å²) in [6, 6.07) is 7.14. The molecule has 0 spiro atoms. The molecule has 1 atom stereocenters. The molecule has 9 nitrogen and oxygen atoms in total. The number of anilines is 4. The summed E-state index contributed by atoms with van der Waals surface area (Å²) in [6.07, 6.45) is 9.93. The van der Waals surface area contributed by atoms with Crippen LogP contribution in [0.1, 0.15) is 44.9 Å². The second-order valence-electron chi connectivity index (χ2n) is 11.6. The Bertz CT molecular complexity index is 1480. The summed E-state index contributed by atoms with van der Waals surface area (Å²) in [4.78, 5) is 25.1. The molecule has 1 aliphatic carbocycles. The van der Waals surface area contributed by atoms with E-state index in [1.54, 1.807) is 17.8 Å². The second-order valence-corrected chi connectivity index (χ2v) is 12.0. The molecule has 1 aromatic carbocycles. The van der Waals surface area contributed by atoms with Gasteiger partial charge in [-0.05, 0) is 62.6 Å². The molecular weight excluding hydrogens is 504 g/mol. The quantitative estimate of drug-likeness (QED) is 0.502. The summed E-state index contributed by atoms with van der Waals surface area (Å²) in [6.45, 7) is 0.547. The van der Waals surface area contributed by atoms with Crippen molar-refractivity contribution in [1.82, 2.24) is 14.5 Å². The minimum Gasteiger partial charge on any atom is -0.486 e. The van der Waals surface area contributed by atoms with Crippen molar-refractivity contribution < 1.29 is 9.47 Å². The van der Waals surface area contributed by atoms with Crippen LogP contribution in [0.5, 0.6) is 5.75 Å². The van der Waals surface area contributed by atoms with Crippen molar-refractivity contribution in [2.45, 2.75) is 75.3 Å². The minimum absolute atomic E-state index is 0.115. The van der Waals surface area contributed by atoms with Gasteiger partial charge in [-0.25, -0.2) is 4.98 Å². The highest BCUT2D eigenvalue weighted by atomic mass is 35.5. The van der Waals surface area contributed by atoms with Crippen LogP contribution in [-0.2, 0) is 11.8 Å². The standard InChI is InChI=1S/C28H31ClN6O3/c1-34-23-5-4-15(8-20(23)24-25(27(34)36)37-7-6-22(32-24)14-2-3-14)31-26-21(29)13-30-28(33-26)35-16-9-18-11-17(35)12-19(10-16)38-18/h4-5,8,13-14,16-19,22,32H,2-3,6-7,9-12H2,1H3,(H,30,31,33)/t16?,17?,18?,19?,22-/m1/s1. The third-order valence-corrected chi connectivity index (χ3v) is 9.36. The lowest BCUT2D eigenvalue weighted by Gasteiger charge is -2.56. The average Bonchev–Trinajstić information content (AvgIpc) is 3.75. The Hall–Kier alpha value is -3.04. The summed E-state index contributed by atoms with van der Waals surface area (Å²) in [5.74, 6) is 2.36. The minimum atomic E-state index is -0.115. The fraction of sp³-hybridized carbons (Fsp3) is 0.536. The Balaban J connectivity index is 1.15. The predicted molar refractivity (Wildman–Crippen MR) is 147 cm³/mol. The Labute approximate surface area is 225 Å². The summed E-state index contributed by atoms with van der Waals surface area (Å²) < 4.78 is 13.8. The Morgan fingerprint density at radius 1 is 1.11 bits per heavy atom. The number of rotatable bonds is 4. The molecule has 5 fully saturated rings. The van der Waals surface area contributed by atoms with Gasteiger partial charge in [0.2, 0.25) is 11.7 Å². The van der Waals surface area contributed by atoms with Crippen molar-refractivity contribution in [2.75, 3.05) is 22.1 Å². The van der Waals surface area contributed by atoms with Crippen LogP contribution in [0.4, 0.5) is 23.1 Å². The highest BCUT2D eigenvalue weighted by Gasteiger charge is 2.48. The number of pyridine rings is 1. The molecule has 9 rings (SSSR count). The molecule has 0 amide bonds. The number of aromatic nitrogens is 3. The van der Waals surface area contributed by atoms with E-state index in [-0.39, 0.29) is 5.56 Å². The van der Waals surface area contributed by atoms with E-state index in [0.29, 0.717) is 59.4 Å². The zero-order valence-corrected chi connectivity index (χ0v) is 22.1. The van der Waals surface area contributed by atoms with Crippen LogP contribution in [0.2, 0.25) is 5.02 Å². The SMILES string of the molecule is Cn1c(=O)c2c(c3cc(Nc4nc(N5C6CC7CC5CC(C6)O7)ncc4Cl)ccc31)N[C@@H](C1CC1)CCO2. The lowest BCUT2D eigenvalue weighted by molar-refractivity contribution is -0.120. The Kier molecular flexibility index (Phi) is 5.11. The van der Waals surface area contributed by atoms with Crippen LogP contribution in [-0.4, -0.2) is 51.5 Å². The number of aryl methyl sites for hydroxylation is 1. The lowest BCUT2D eigenvalue weighted by atomic mass is 9.78. The summed E-state index contributed by atoms with van der Waals surface area (Å²) >= 11 is 6.59. The molecule has 7 heterocycles. The monoisotopic (exact) mass is 534 g/mol. The topological polar surface area (TPSA) is 93.5 Å². The smallest absolute Gasteiger partial charge is 0.295 e. The normalized spacial score (nSPS) is 29.5. The molecule has 38 heavy (non-hydrogen) atoms. The van der Waals surface area contributed by atoms with Crippen LogP contribution in [0, 0.1) is 5.92 Å². The van der Waals surface area contributed by atoms with E-state index in [9.17, 15) is 4.79 Å². The number of halogens is 1. The number of piperidine rings is 2. The largest absolute Gasteiger partial charge is 0.486 e. The summed E-state index contributed by atoms with van der Waals surface area (Å²) in [7, 11) is 1.79. The van der Waals surface area contributed by atoms with E-state index in [4.69, 9.17) is 26.1 Å². The Morgan fingerprint density at radius 3 is 2.61 bits per heavy atom. The maximum atomic E-state index is 13.1. The molecule has 10 heteroatoms. The van der Waals surface area contributed by atoms with Crippen LogP contribution >= 0.6 is 11.6 Å². The van der Waals surface area contributed by atoms with E-state index in [1.807, 2.05) is 12.1 Å². The molecule has 198 valence electrons. The number of fused-ring (bicyclic) bond motifs is 3. The van der Waals surface area contributed by atoms with E-state index in [2.05, 4.69) is 26.6 Å². The first-order chi connectivity index (χ1) is 18.5. The van der Waals surface area contributed by atoms with Crippen LogP contribution in [0.15, 0.2) is 29.2 Å². The first-order valence-corrected chi connectivity index (χ1v) is 14.2. The average molecular weight is 535 g/mol. The molecule has 6 aliphatic rings. The summed E-state index contributed by atoms with van der Waals surface area (Å²) in [5, 5.41) is 8.53. The van der Waals surface area contributed by atoms with E-state index < -0.39 is 0 Å². The molecule has 0 radical (unpaired) electrons. The van der Waals surface area contributed by atoms with Gasteiger partial charge in [0.1, 0.15) is 5.02 Å². The number of ether oxygens (including phenoxy) is 2. The molecule has 1 saturated carbocycles. The fourth-order valence-corrected chi connectivity index (χ4v) is 7.29. The maximum absolute atomic E-state index is 13.1. The third-order valence-electron chi connectivity index (χ3n) is 9.09. The number of hydrogen-bond donors (Lipinski definition) is 2. The molecule has 3 aromatic rings. The first-order valence-electron chi connectivity index (χ1n) is 13.8. The highest BCUT2D eigenvalue weighted by Crippen LogP contribution is 2.45. The van der Waals surface area contributed by atoms with Gasteiger partial charge in [-0.1, -0.05) is 11.6 Å². The molecule has 0 unspecified atom stereocenters. The Morgan fingerprint density at radius 2 is 1.87 bits per heavy atom. The number of hydrogen-bond acceptors (Lipinski definition) is 8.